The number of nitrogens with zero attached hydrogens (tertiary/aromatic N) is 2. The van der Waals surface area contributed by atoms with Crippen LogP contribution in [0.3, 0.4) is 0 Å². The van der Waals surface area contributed by atoms with E-state index in [0.29, 0.717) is 13.0 Å². The SMILES string of the molecule is Cc1n[nH]c(C)c1NC(=O)CN1CCC[C@@H]1C[C@H](O)c1ccccc1. The maximum Gasteiger partial charge on any atom is 0.238 e. The van der Waals surface area contributed by atoms with Gasteiger partial charge < -0.3 is 10.4 Å². The number of aromatic amines is 1. The third kappa shape index (κ3) is 4.27. The summed E-state index contributed by atoms with van der Waals surface area (Å²) in [7, 11) is 0. The van der Waals surface area contributed by atoms with Crippen molar-refractivity contribution in [2.75, 3.05) is 18.4 Å². The van der Waals surface area contributed by atoms with E-state index in [1.54, 1.807) is 0 Å². The number of hydrogen-bond acceptors (Lipinski definition) is 4. The van der Waals surface area contributed by atoms with Crippen LogP contribution in [0.25, 0.3) is 0 Å². The van der Waals surface area contributed by atoms with Gasteiger partial charge in [-0.05, 0) is 45.2 Å². The smallest absolute Gasteiger partial charge is 0.238 e. The number of carbonyl (C=O) groups is 1. The zero-order valence-electron chi connectivity index (χ0n) is 14.8. The van der Waals surface area contributed by atoms with Gasteiger partial charge in [0.05, 0.1) is 29.7 Å². The van der Waals surface area contributed by atoms with E-state index in [1.165, 1.54) is 0 Å². The third-order valence-corrected chi connectivity index (χ3v) is 4.92. The van der Waals surface area contributed by atoms with Gasteiger partial charge in [0.25, 0.3) is 0 Å². The normalized spacial score (nSPS) is 19.1. The predicted octanol–water partition coefficient (Wildman–Crippen LogP) is 2.55. The second-order valence-electron chi connectivity index (χ2n) is 6.79. The zero-order valence-corrected chi connectivity index (χ0v) is 14.8. The molecule has 0 saturated carbocycles. The topological polar surface area (TPSA) is 81.2 Å². The molecule has 1 amide bonds. The lowest BCUT2D eigenvalue weighted by atomic mass is 10.0. The highest BCUT2D eigenvalue weighted by Crippen LogP contribution is 2.27. The first-order valence-electron chi connectivity index (χ1n) is 8.83. The lowest BCUT2D eigenvalue weighted by molar-refractivity contribution is -0.117. The Balaban J connectivity index is 1.57. The largest absolute Gasteiger partial charge is 0.388 e. The van der Waals surface area contributed by atoms with Crippen molar-refractivity contribution in [3.05, 3.63) is 47.3 Å². The molecular formula is C19H26N4O2. The predicted molar refractivity (Wildman–Crippen MR) is 97.3 cm³/mol. The number of hydrogen-bond donors (Lipinski definition) is 3. The molecule has 1 saturated heterocycles. The number of amides is 1. The third-order valence-electron chi connectivity index (χ3n) is 4.92. The van der Waals surface area contributed by atoms with Gasteiger partial charge in [0.2, 0.25) is 5.91 Å². The second kappa shape index (κ2) is 7.80. The summed E-state index contributed by atoms with van der Waals surface area (Å²) in [5.41, 5.74) is 3.36. The maximum atomic E-state index is 12.4. The first-order valence-corrected chi connectivity index (χ1v) is 8.83. The van der Waals surface area contributed by atoms with Crippen LogP contribution in [0, 0.1) is 13.8 Å². The fourth-order valence-electron chi connectivity index (χ4n) is 3.54. The van der Waals surface area contributed by atoms with Gasteiger partial charge in [-0.25, -0.2) is 0 Å². The van der Waals surface area contributed by atoms with Gasteiger partial charge in [-0.15, -0.1) is 0 Å². The van der Waals surface area contributed by atoms with Crippen molar-refractivity contribution in [3.63, 3.8) is 0 Å². The molecule has 1 aromatic carbocycles. The summed E-state index contributed by atoms with van der Waals surface area (Å²) in [6.45, 7) is 5.00. The monoisotopic (exact) mass is 342 g/mol. The van der Waals surface area contributed by atoms with Crippen molar-refractivity contribution < 1.29 is 9.90 Å². The van der Waals surface area contributed by atoms with Gasteiger partial charge in [-0.3, -0.25) is 14.8 Å². The first kappa shape index (κ1) is 17.6. The summed E-state index contributed by atoms with van der Waals surface area (Å²) in [5.74, 6) is -0.0336. The molecule has 0 unspecified atom stereocenters. The Bertz CT molecular complexity index is 694. The quantitative estimate of drug-likeness (QED) is 0.753. The maximum absolute atomic E-state index is 12.4. The van der Waals surface area contributed by atoms with E-state index in [-0.39, 0.29) is 11.9 Å². The molecule has 3 N–H and O–H groups in total. The summed E-state index contributed by atoms with van der Waals surface area (Å²) in [6, 6.07) is 9.94. The van der Waals surface area contributed by atoms with Crippen LogP contribution in [0.15, 0.2) is 30.3 Å². The molecule has 0 radical (unpaired) electrons. The summed E-state index contributed by atoms with van der Waals surface area (Å²) in [6.07, 6.45) is 2.24. The molecule has 6 nitrogen and oxygen atoms in total. The minimum Gasteiger partial charge on any atom is -0.388 e. The molecule has 3 rings (SSSR count). The van der Waals surface area contributed by atoms with Gasteiger partial charge in [-0.1, -0.05) is 30.3 Å². The fraction of sp³-hybridized carbons (Fsp3) is 0.474. The van der Waals surface area contributed by atoms with E-state index in [9.17, 15) is 9.90 Å². The summed E-state index contributed by atoms with van der Waals surface area (Å²) in [5, 5.41) is 20.4. The van der Waals surface area contributed by atoms with E-state index >= 15 is 0 Å². The van der Waals surface area contributed by atoms with Crippen molar-refractivity contribution in [2.45, 2.75) is 45.3 Å². The molecular weight excluding hydrogens is 316 g/mol. The number of rotatable bonds is 6. The number of benzene rings is 1. The van der Waals surface area contributed by atoms with Crippen LogP contribution in [0.4, 0.5) is 5.69 Å². The number of aliphatic hydroxyl groups excluding tert-OH is 1. The van der Waals surface area contributed by atoms with E-state index in [4.69, 9.17) is 0 Å². The molecule has 25 heavy (non-hydrogen) atoms. The van der Waals surface area contributed by atoms with Gasteiger partial charge in [0, 0.05) is 6.04 Å². The number of likely N-dealkylation sites (tertiary alicyclic amines) is 1. The van der Waals surface area contributed by atoms with Crippen LogP contribution in [-0.4, -0.2) is 45.2 Å². The molecule has 6 heteroatoms. The van der Waals surface area contributed by atoms with Crippen molar-refractivity contribution in [1.29, 1.82) is 0 Å². The van der Waals surface area contributed by atoms with Crippen LogP contribution in [-0.2, 0) is 4.79 Å². The van der Waals surface area contributed by atoms with Gasteiger partial charge in [-0.2, -0.15) is 5.10 Å². The van der Waals surface area contributed by atoms with E-state index in [0.717, 1.165) is 42.0 Å². The molecule has 2 aromatic rings. The highest BCUT2D eigenvalue weighted by atomic mass is 16.3. The number of aromatic nitrogens is 2. The average molecular weight is 342 g/mol. The van der Waals surface area contributed by atoms with Crippen LogP contribution < -0.4 is 5.32 Å². The zero-order chi connectivity index (χ0) is 17.8. The number of aliphatic hydroxyl groups is 1. The molecule has 0 bridgehead atoms. The second-order valence-corrected chi connectivity index (χ2v) is 6.79. The minimum absolute atomic E-state index is 0.0336. The van der Waals surface area contributed by atoms with Gasteiger partial charge >= 0.3 is 0 Å². The van der Waals surface area contributed by atoms with E-state index in [1.807, 2.05) is 44.2 Å². The Hall–Kier alpha value is -2.18. The Morgan fingerprint density at radius 2 is 2.16 bits per heavy atom. The van der Waals surface area contributed by atoms with Crippen LogP contribution >= 0.6 is 0 Å². The molecule has 1 fully saturated rings. The Morgan fingerprint density at radius 1 is 1.40 bits per heavy atom. The molecule has 1 aliphatic rings. The van der Waals surface area contributed by atoms with Crippen LogP contribution in [0.5, 0.6) is 0 Å². The lowest BCUT2D eigenvalue weighted by Gasteiger charge is -2.26. The van der Waals surface area contributed by atoms with Gasteiger partial charge in [0.15, 0.2) is 0 Å². The fourth-order valence-corrected chi connectivity index (χ4v) is 3.54. The summed E-state index contributed by atoms with van der Waals surface area (Å²) >= 11 is 0. The summed E-state index contributed by atoms with van der Waals surface area (Å²) < 4.78 is 0. The van der Waals surface area contributed by atoms with Crippen LogP contribution in [0.1, 0.15) is 42.3 Å². The molecule has 1 aliphatic heterocycles. The molecule has 2 atom stereocenters. The number of H-pyrrole nitrogens is 1. The number of aryl methyl sites for hydroxylation is 2. The van der Waals surface area contributed by atoms with Crippen molar-refractivity contribution in [1.82, 2.24) is 15.1 Å². The summed E-state index contributed by atoms with van der Waals surface area (Å²) in [4.78, 5) is 14.6. The van der Waals surface area contributed by atoms with Crippen molar-refractivity contribution in [2.24, 2.45) is 0 Å². The molecule has 1 aromatic heterocycles. The molecule has 0 aliphatic carbocycles. The number of carbonyl (C=O) groups excluding carboxylic acids is 1. The average Bonchev–Trinajstić information content (AvgIpc) is 3.17. The van der Waals surface area contributed by atoms with Crippen molar-refractivity contribution >= 4 is 11.6 Å². The van der Waals surface area contributed by atoms with E-state index in [2.05, 4.69) is 20.4 Å². The van der Waals surface area contributed by atoms with Crippen LogP contribution in [0.2, 0.25) is 0 Å². The Labute approximate surface area is 148 Å². The molecule has 0 spiro atoms. The highest BCUT2D eigenvalue weighted by Gasteiger charge is 2.28. The number of anilines is 1. The standard InChI is InChI=1S/C19H26N4O2/c1-13-19(14(2)22-21-13)20-18(25)12-23-10-6-9-16(23)11-17(24)15-7-4-3-5-8-15/h3-5,7-8,16-17,24H,6,9-12H2,1-2H3,(H,20,25)(H,21,22)/t16-,17+/m1/s1. The highest BCUT2D eigenvalue weighted by molar-refractivity contribution is 5.93. The van der Waals surface area contributed by atoms with Gasteiger partial charge in [0.1, 0.15) is 0 Å². The molecule has 134 valence electrons. The Kier molecular flexibility index (Phi) is 5.50. The van der Waals surface area contributed by atoms with E-state index < -0.39 is 6.10 Å². The molecule has 2 heterocycles. The van der Waals surface area contributed by atoms with Crippen molar-refractivity contribution in [3.8, 4) is 0 Å². The number of nitrogens with one attached hydrogen (secondary N) is 2. The Morgan fingerprint density at radius 3 is 2.84 bits per heavy atom. The lowest BCUT2D eigenvalue weighted by Crippen LogP contribution is -2.37. The first-order chi connectivity index (χ1) is 12.0. The minimum atomic E-state index is -0.492.